The van der Waals surface area contributed by atoms with E-state index in [1.54, 1.807) is 12.1 Å². The maximum atomic E-state index is 13.1. The number of halogens is 1. The summed E-state index contributed by atoms with van der Waals surface area (Å²) in [5, 5.41) is 5.45. The fourth-order valence-electron chi connectivity index (χ4n) is 1.52. The Balaban J connectivity index is 2.05. The lowest BCUT2D eigenvalue weighted by Crippen LogP contribution is -2.09. The molecule has 0 bridgehead atoms. The number of hydrogen-bond donors (Lipinski definition) is 1. The smallest absolute Gasteiger partial charge is 0.248 e. The van der Waals surface area contributed by atoms with Crippen molar-refractivity contribution in [2.45, 2.75) is 13.8 Å². The van der Waals surface area contributed by atoms with Crippen molar-refractivity contribution < 1.29 is 9.18 Å². The zero-order valence-electron chi connectivity index (χ0n) is 10.6. The molecule has 2 aromatic rings. The van der Waals surface area contributed by atoms with Crippen LogP contribution in [0.25, 0.3) is 6.08 Å². The Hall–Kier alpha value is -2.01. The van der Waals surface area contributed by atoms with E-state index in [0.717, 1.165) is 16.3 Å². The van der Waals surface area contributed by atoms with E-state index in [9.17, 15) is 9.18 Å². The van der Waals surface area contributed by atoms with Crippen LogP contribution in [0.5, 0.6) is 0 Å². The van der Waals surface area contributed by atoms with Crippen LogP contribution >= 0.6 is 11.3 Å². The number of aromatic nitrogens is 1. The van der Waals surface area contributed by atoms with Gasteiger partial charge in [-0.3, -0.25) is 4.79 Å². The number of nitrogens with zero attached hydrogens (tertiary/aromatic N) is 1. The third-order valence-electron chi connectivity index (χ3n) is 2.50. The van der Waals surface area contributed by atoms with Gasteiger partial charge in [0.25, 0.3) is 0 Å². The van der Waals surface area contributed by atoms with E-state index in [2.05, 4.69) is 10.3 Å². The highest BCUT2D eigenvalue weighted by atomic mass is 32.1. The second-order valence-corrected chi connectivity index (χ2v) is 5.14. The fraction of sp³-hybridized carbons (Fsp3) is 0.143. The normalized spacial score (nSPS) is 10.9. The zero-order valence-corrected chi connectivity index (χ0v) is 11.4. The largest absolute Gasteiger partial charge is 0.322 e. The van der Waals surface area contributed by atoms with E-state index in [0.29, 0.717) is 5.69 Å². The van der Waals surface area contributed by atoms with Gasteiger partial charge in [-0.15, -0.1) is 11.3 Å². The van der Waals surface area contributed by atoms with Crippen molar-refractivity contribution in [3.05, 3.63) is 51.7 Å². The van der Waals surface area contributed by atoms with Crippen molar-refractivity contribution in [1.82, 2.24) is 4.98 Å². The van der Waals surface area contributed by atoms with Crippen LogP contribution in [0.15, 0.2) is 29.7 Å². The molecule has 0 spiro atoms. The first kappa shape index (κ1) is 13.4. The highest BCUT2D eigenvalue weighted by Gasteiger charge is 2.03. The van der Waals surface area contributed by atoms with Gasteiger partial charge in [0.15, 0.2) is 0 Å². The van der Waals surface area contributed by atoms with Crippen LogP contribution in [0.3, 0.4) is 0 Å². The van der Waals surface area contributed by atoms with Gasteiger partial charge in [0, 0.05) is 17.1 Å². The van der Waals surface area contributed by atoms with E-state index >= 15 is 0 Å². The number of carbonyl (C=O) groups is 1. The predicted octanol–water partition coefficient (Wildman–Crippen LogP) is 3.55. The maximum Gasteiger partial charge on any atom is 0.248 e. The van der Waals surface area contributed by atoms with Gasteiger partial charge in [-0.05, 0) is 37.6 Å². The maximum absolute atomic E-state index is 13.1. The van der Waals surface area contributed by atoms with Crippen molar-refractivity contribution in [1.29, 1.82) is 0 Å². The number of amides is 1. The molecule has 5 heteroatoms. The standard InChI is InChI=1S/C14H13FN2OS/c1-9-3-4-11(15)7-13(9)17-14(18)6-5-12-8-19-10(2)16-12/h3-8H,1-2H3,(H,17,18). The number of benzene rings is 1. The van der Waals surface area contributed by atoms with Crippen LogP contribution in [-0.4, -0.2) is 10.9 Å². The third-order valence-corrected chi connectivity index (χ3v) is 3.29. The molecule has 2 rings (SSSR count). The first-order valence-corrected chi connectivity index (χ1v) is 6.60. The summed E-state index contributed by atoms with van der Waals surface area (Å²) in [6, 6.07) is 4.28. The van der Waals surface area contributed by atoms with Crippen LogP contribution in [0.1, 0.15) is 16.3 Å². The molecule has 0 radical (unpaired) electrons. The average molecular weight is 276 g/mol. The second-order valence-electron chi connectivity index (χ2n) is 4.07. The summed E-state index contributed by atoms with van der Waals surface area (Å²) in [5.41, 5.74) is 2.03. The SMILES string of the molecule is Cc1nc(C=CC(=O)Nc2cc(F)ccc2C)cs1. The minimum atomic E-state index is -0.375. The van der Waals surface area contributed by atoms with Crippen molar-refractivity contribution in [3.8, 4) is 0 Å². The first-order chi connectivity index (χ1) is 9.04. The summed E-state index contributed by atoms with van der Waals surface area (Å²) in [4.78, 5) is 15.9. The summed E-state index contributed by atoms with van der Waals surface area (Å²) in [6.07, 6.45) is 3.02. The molecule has 0 fully saturated rings. The Morgan fingerprint density at radius 1 is 1.42 bits per heavy atom. The predicted molar refractivity (Wildman–Crippen MR) is 75.7 cm³/mol. The van der Waals surface area contributed by atoms with Crippen molar-refractivity contribution >= 4 is 29.0 Å². The molecule has 0 aliphatic carbocycles. The van der Waals surface area contributed by atoms with Crippen LogP contribution in [-0.2, 0) is 4.79 Å². The molecular weight excluding hydrogens is 263 g/mol. The van der Waals surface area contributed by atoms with E-state index in [1.807, 2.05) is 19.2 Å². The van der Waals surface area contributed by atoms with Crippen molar-refractivity contribution in [2.75, 3.05) is 5.32 Å². The Labute approximate surface area is 114 Å². The minimum Gasteiger partial charge on any atom is -0.322 e. The van der Waals surface area contributed by atoms with Crippen LogP contribution in [0, 0.1) is 19.7 Å². The van der Waals surface area contributed by atoms with Gasteiger partial charge in [-0.25, -0.2) is 9.37 Å². The van der Waals surface area contributed by atoms with Crippen LogP contribution < -0.4 is 5.32 Å². The van der Waals surface area contributed by atoms with Gasteiger partial charge < -0.3 is 5.32 Å². The number of thiazole rings is 1. The summed E-state index contributed by atoms with van der Waals surface area (Å²) >= 11 is 1.52. The fourth-order valence-corrected chi connectivity index (χ4v) is 2.10. The molecule has 1 aromatic carbocycles. The lowest BCUT2D eigenvalue weighted by molar-refractivity contribution is -0.111. The number of rotatable bonds is 3. The topological polar surface area (TPSA) is 42.0 Å². The highest BCUT2D eigenvalue weighted by Crippen LogP contribution is 2.16. The quantitative estimate of drug-likeness (QED) is 0.871. The first-order valence-electron chi connectivity index (χ1n) is 5.72. The van der Waals surface area contributed by atoms with E-state index in [1.165, 1.54) is 29.5 Å². The summed E-state index contributed by atoms with van der Waals surface area (Å²) in [5.74, 6) is -0.681. The molecule has 0 saturated carbocycles. The Bertz CT molecular complexity index is 634. The minimum absolute atomic E-state index is 0.306. The Morgan fingerprint density at radius 3 is 2.89 bits per heavy atom. The van der Waals surface area contributed by atoms with Gasteiger partial charge in [0.2, 0.25) is 5.91 Å². The highest BCUT2D eigenvalue weighted by molar-refractivity contribution is 7.09. The van der Waals surface area contributed by atoms with E-state index in [-0.39, 0.29) is 11.7 Å². The number of nitrogens with one attached hydrogen (secondary N) is 1. The molecule has 3 nitrogen and oxygen atoms in total. The molecule has 0 unspecified atom stereocenters. The van der Waals surface area contributed by atoms with Crippen LogP contribution in [0.4, 0.5) is 10.1 Å². The molecule has 19 heavy (non-hydrogen) atoms. The van der Waals surface area contributed by atoms with Crippen molar-refractivity contribution in [2.24, 2.45) is 0 Å². The molecule has 1 heterocycles. The Morgan fingerprint density at radius 2 is 2.21 bits per heavy atom. The second kappa shape index (κ2) is 5.75. The molecule has 1 N–H and O–H groups in total. The number of hydrogen-bond acceptors (Lipinski definition) is 3. The van der Waals surface area contributed by atoms with Gasteiger partial charge in [-0.1, -0.05) is 6.07 Å². The number of carbonyl (C=O) groups excluding carboxylic acids is 1. The lowest BCUT2D eigenvalue weighted by atomic mass is 10.2. The number of anilines is 1. The number of aryl methyl sites for hydroxylation is 2. The molecule has 0 aliphatic rings. The van der Waals surface area contributed by atoms with Gasteiger partial charge >= 0.3 is 0 Å². The monoisotopic (exact) mass is 276 g/mol. The summed E-state index contributed by atoms with van der Waals surface area (Å²) in [7, 11) is 0. The zero-order chi connectivity index (χ0) is 13.8. The molecule has 0 atom stereocenters. The lowest BCUT2D eigenvalue weighted by Gasteiger charge is -2.05. The molecular formula is C14H13FN2OS. The van der Waals surface area contributed by atoms with Crippen LogP contribution in [0.2, 0.25) is 0 Å². The van der Waals surface area contributed by atoms with Gasteiger partial charge in [-0.2, -0.15) is 0 Å². The molecule has 0 saturated heterocycles. The van der Waals surface area contributed by atoms with E-state index in [4.69, 9.17) is 0 Å². The van der Waals surface area contributed by atoms with Gasteiger partial charge in [0.1, 0.15) is 5.82 Å². The average Bonchev–Trinajstić information content (AvgIpc) is 2.77. The summed E-state index contributed by atoms with van der Waals surface area (Å²) in [6.45, 7) is 3.71. The van der Waals surface area contributed by atoms with Gasteiger partial charge in [0.05, 0.1) is 10.7 Å². The molecule has 98 valence electrons. The molecule has 1 aromatic heterocycles. The van der Waals surface area contributed by atoms with E-state index < -0.39 is 0 Å². The third kappa shape index (κ3) is 3.72. The van der Waals surface area contributed by atoms with Crippen molar-refractivity contribution in [3.63, 3.8) is 0 Å². The summed E-state index contributed by atoms with van der Waals surface area (Å²) < 4.78 is 13.1. The Kier molecular flexibility index (Phi) is 4.06. The molecule has 1 amide bonds. The molecule has 0 aliphatic heterocycles.